The maximum atomic E-state index is 12.5. The van der Waals surface area contributed by atoms with Crippen LogP contribution in [0, 0.1) is 11.8 Å². The van der Waals surface area contributed by atoms with Gasteiger partial charge in [-0.3, -0.25) is 4.79 Å². The van der Waals surface area contributed by atoms with Crippen LogP contribution in [0.25, 0.3) is 0 Å². The summed E-state index contributed by atoms with van der Waals surface area (Å²) in [5, 5.41) is 12.6. The molecular formula is C21H32N2O6. The van der Waals surface area contributed by atoms with E-state index in [1.54, 1.807) is 0 Å². The van der Waals surface area contributed by atoms with Crippen LogP contribution in [0.4, 0.5) is 0 Å². The van der Waals surface area contributed by atoms with Gasteiger partial charge in [-0.15, -0.1) is 0 Å². The number of methoxy groups -OCH3 is 1. The minimum atomic E-state index is -0.921. The van der Waals surface area contributed by atoms with Crippen LogP contribution in [0.5, 0.6) is 11.5 Å². The van der Waals surface area contributed by atoms with Crippen molar-refractivity contribution in [1.29, 1.82) is 0 Å². The third-order valence-corrected chi connectivity index (χ3v) is 5.21. The first-order chi connectivity index (χ1) is 13.7. The number of ether oxygens (including phenoxy) is 3. The van der Waals surface area contributed by atoms with Gasteiger partial charge in [-0.25, -0.2) is 9.78 Å². The number of hydrogen-bond acceptors (Lipinski definition) is 7. The van der Waals surface area contributed by atoms with Crippen molar-refractivity contribution in [3.63, 3.8) is 0 Å². The molecule has 1 aliphatic carbocycles. The normalized spacial score (nSPS) is 17.2. The highest BCUT2D eigenvalue weighted by Crippen LogP contribution is 2.28. The standard InChI is InChI=1S/C21H32N2O6/c1-12(2)19(14(4)28-11-15-7-6-8-15)29-21(26)13(3)23-20(25)17-18(24)16(27-5)9-10-22-17/h9-10,12-15,19,24H,6-8,11H2,1-5H3,(H,23,25)/t13-,14-,19+/m0/s1. The largest absolute Gasteiger partial charge is 0.503 e. The molecule has 2 rings (SSSR count). The lowest BCUT2D eigenvalue weighted by Gasteiger charge is -2.31. The van der Waals surface area contributed by atoms with Crippen LogP contribution < -0.4 is 10.1 Å². The SMILES string of the molecule is COc1ccnc(C(=O)N[C@@H](C)C(=O)O[C@H](C(C)C)[C@H](C)OCC2CCC2)c1O. The molecule has 3 atom stereocenters. The summed E-state index contributed by atoms with van der Waals surface area (Å²) in [6, 6.07) is 0.511. The number of amides is 1. The molecule has 0 bridgehead atoms. The Kier molecular flexibility index (Phi) is 8.25. The predicted molar refractivity (Wildman–Crippen MR) is 107 cm³/mol. The fourth-order valence-electron chi connectivity index (χ4n) is 3.14. The van der Waals surface area contributed by atoms with Gasteiger partial charge in [0, 0.05) is 18.9 Å². The number of esters is 1. The van der Waals surface area contributed by atoms with Crippen molar-refractivity contribution < 1.29 is 28.9 Å². The molecule has 1 aromatic heterocycles. The molecule has 1 fully saturated rings. The molecule has 0 saturated heterocycles. The summed E-state index contributed by atoms with van der Waals surface area (Å²) in [7, 11) is 1.37. The number of pyridine rings is 1. The second-order valence-corrected chi connectivity index (χ2v) is 7.89. The molecule has 1 saturated carbocycles. The smallest absolute Gasteiger partial charge is 0.328 e. The fraction of sp³-hybridized carbons (Fsp3) is 0.667. The third-order valence-electron chi connectivity index (χ3n) is 5.21. The van der Waals surface area contributed by atoms with Crippen LogP contribution in [-0.4, -0.2) is 53.9 Å². The van der Waals surface area contributed by atoms with Crippen molar-refractivity contribution >= 4 is 11.9 Å². The Bertz CT molecular complexity index is 704. The molecule has 1 aliphatic rings. The highest BCUT2D eigenvalue weighted by Gasteiger charge is 2.30. The number of carbonyl (C=O) groups is 2. The topological polar surface area (TPSA) is 107 Å². The van der Waals surface area contributed by atoms with Gasteiger partial charge < -0.3 is 24.6 Å². The summed E-state index contributed by atoms with van der Waals surface area (Å²) in [5.74, 6) is -0.867. The van der Waals surface area contributed by atoms with E-state index in [0.29, 0.717) is 12.5 Å². The Hall–Kier alpha value is -2.35. The zero-order chi connectivity index (χ0) is 21.6. The van der Waals surface area contributed by atoms with E-state index >= 15 is 0 Å². The Morgan fingerprint density at radius 1 is 1.28 bits per heavy atom. The van der Waals surface area contributed by atoms with Gasteiger partial charge in [0.05, 0.1) is 13.2 Å². The lowest BCUT2D eigenvalue weighted by Crippen LogP contribution is -2.44. The molecule has 29 heavy (non-hydrogen) atoms. The summed E-state index contributed by atoms with van der Waals surface area (Å²) in [5.41, 5.74) is -0.221. The van der Waals surface area contributed by atoms with Gasteiger partial charge in [0.1, 0.15) is 12.1 Å². The molecule has 1 amide bonds. The Labute approximate surface area is 171 Å². The first-order valence-corrected chi connectivity index (χ1v) is 10.1. The van der Waals surface area contributed by atoms with Gasteiger partial charge in [-0.2, -0.15) is 0 Å². The molecule has 162 valence electrons. The molecule has 8 nitrogen and oxygen atoms in total. The molecule has 0 radical (unpaired) electrons. The van der Waals surface area contributed by atoms with Crippen molar-refractivity contribution in [3.05, 3.63) is 18.0 Å². The van der Waals surface area contributed by atoms with Gasteiger partial charge >= 0.3 is 5.97 Å². The average Bonchev–Trinajstić information content (AvgIpc) is 2.64. The first-order valence-electron chi connectivity index (χ1n) is 10.1. The Morgan fingerprint density at radius 3 is 2.52 bits per heavy atom. The zero-order valence-electron chi connectivity index (χ0n) is 17.8. The van der Waals surface area contributed by atoms with Crippen LogP contribution >= 0.6 is 0 Å². The quantitative estimate of drug-likeness (QED) is 0.573. The van der Waals surface area contributed by atoms with Crippen LogP contribution in [0.1, 0.15) is 57.4 Å². The fourth-order valence-corrected chi connectivity index (χ4v) is 3.14. The minimum absolute atomic E-state index is 0.0577. The van der Waals surface area contributed by atoms with Crippen LogP contribution in [0.2, 0.25) is 0 Å². The van der Waals surface area contributed by atoms with Crippen LogP contribution in [-0.2, 0) is 14.3 Å². The predicted octanol–water partition coefficient (Wildman–Crippen LogP) is 2.69. The van der Waals surface area contributed by atoms with Gasteiger partial charge in [0.2, 0.25) is 0 Å². The third kappa shape index (κ3) is 6.06. The second-order valence-electron chi connectivity index (χ2n) is 7.89. The molecule has 8 heteroatoms. The number of aromatic hydroxyl groups is 1. The summed E-state index contributed by atoms with van der Waals surface area (Å²) in [4.78, 5) is 28.8. The van der Waals surface area contributed by atoms with Crippen LogP contribution in [0.15, 0.2) is 12.3 Å². The van der Waals surface area contributed by atoms with E-state index in [4.69, 9.17) is 14.2 Å². The highest BCUT2D eigenvalue weighted by molar-refractivity contribution is 5.97. The monoisotopic (exact) mass is 408 g/mol. The number of nitrogens with zero attached hydrogens (tertiary/aromatic N) is 1. The molecule has 1 aromatic rings. The van der Waals surface area contributed by atoms with E-state index in [0.717, 1.165) is 0 Å². The van der Waals surface area contributed by atoms with Crippen molar-refractivity contribution in [2.24, 2.45) is 11.8 Å². The Balaban J connectivity index is 1.94. The molecule has 1 heterocycles. The van der Waals surface area contributed by atoms with Gasteiger partial charge in [0.15, 0.2) is 17.2 Å². The van der Waals surface area contributed by atoms with Crippen molar-refractivity contribution in [2.45, 2.75) is 65.2 Å². The maximum Gasteiger partial charge on any atom is 0.328 e. The average molecular weight is 408 g/mol. The molecule has 2 N–H and O–H groups in total. The van der Waals surface area contributed by atoms with Crippen LogP contribution in [0.3, 0.4) is 0 Å². The van der Waals surface area contributed by atoms with Crippen molar-refractivity contribution in [2.75, 3.05) is 13.7 Å². The van der Waals surface area contributed by atoms with Crippen molar-refractivity contribution in [3.8, 4) is 11.5 Å². The summed E-state index contributed by atoms with van der Waals surface area (Å²) in [6.07, 6.45) is 4.30. The summed E-state index contributed by atoms with van der Waals surface area (Å²) in [6.45, 7) is 8.02. The van der Waals surface area contributed by atoms with Crippen molar-refractivity contribution in [1.82, 2.24) is 10.3 Å². The molecule has 0 aliphatic heterocycles. The molecule has 0 aromatic carbocycles. The number of hydrogen-bond donors (Lipinski definition) is 2. The van der Waals surface area contributed by atoms with E-state index in [1.807, 2.05) is 20.8 Å². The maximum absolute atomic E-state index is 12.5. The molecular weight excluding hydrogens is 376 g/mol. The zero-order valence-corrected chi connectivity index (χ0v) is 17.8. The lowest BCUT2D eigenvalue weighted by molar-refractivity contribution is -0.163. The van der Waals surface area contributed by atoms with E-state index < -0.39 is 24.0 Å². The number of nitrogens with one attached hydrogen (secondary N) is 1. The molecule has 0 unspecified atom stereocenters. The first kappa shape index (κ1) is 22.9. The molecule has 0 spiro atoms. The van der Waals surface area contributed by atoms with E-state index in [9.17, 15) is 14.7 Å². The van der Waals surface area contributed by atoms with Gasteiger partial charge in [0.25, 0.3) is 5.91 Å². The second kappa shape index (κ2) is 10.4. The van der Waals surface area contributed by atoms with E-state index in [1.165, 1.54) is 45.6 Å². The van der Waals surface area contributed by atoms with E-state index in [2.05, 4.69) is 10.3 Å². The summed E-state index contributed by atoms with van der Waals surface area (Å²) >= 11 is 0. The number of carbonyl (C=O) groups excluding carboxylic acids is 2. The van der Waals surface area contributed by atoms with Gasteiger partial charge in [-0.1, -0.05) is 20.3 Å². The number of rotatable bonds is 10. The number of aromatic nitrogens is 1. The summed E-state index contributed by atoms with van der Waals surface area (Å²) < 4.78 is 16.5. The minimum Gasteiger partial charge on any atom is -0.503 e. The van der Waals surface area contributed by atoms with Gasteiger partial charge in [-0.05, 0) is 38.5 Å². The lowest BCUT2D eigenvalue weighted by atomic mass is 9.86. The highest BCUT2D eigenvalue weighted by atomic mass is 16.6. The van der Waals surface area contributed by atoms with E-state index in [-0.39, 0.29) is 29.2 Å². The Morgan fingerprint density at radius 2 is 1.97 bits per heavy atom.